The Hall–Kier alpha value is -0.160. The van der Waals surface area contributed by atoms with E-state index in [0.29, 0.717) is 6.54 Å². The lowest BCUT2D eigenvalue weighted by molar-refractivity contribution is 0.00393. The minimum Gasteiger partial charge on any atom is -0.392 e. The number of nitrogens with one attached hydrogen (secondary N) is 1. The van der Waals surface area contributed by atoms with Gasteiger partial charge in [-0.3, -0.25) is 0 Å². The van der Waals surface area contributed by atoms with Gasteiger partial charge in [-0.1, -0.05) is 0 Å². The van der Waals surface area contributed by atoms with Gasteiger partial charge in [0.05, 0.1) is 18.8 Å². The summed E-state index contributed by atoms with van der Waals surface area (Å²) in [4.78, 5) is 2.10. The van der Waals surface area contributed by atoms with E-state index in [0.717, 1.165) is 26.2 Å². The molecule has 2 unspecified atom stereocenters. The Morgan fingerprint density at radius 1 is 1.69 bits per heavy atom. The zero-order valence-electron chi connectivity index (χ0n) is 8.49. The summed E-state index contributed by atoms with van der Waals surface area (Å²) in [6.45, 7) is 6.07. The molecule has 0 bridgehead atoms. The maximum Gasteiger partial charge on any atom is 0.0826 e. The maximum atomic E-state index is 9.15. The monoisotopic (exact) mass is 188 g/mol. The molecule has 2 N–H and O–H groups in total. The highest BCUT2D eigenvalue weighted by Crippen LogP contribution is 1.99. The zero-order chi connectivity index (χ0) is 9.68. The Labute approximate surface area is 79.9 Å². The van der Waals surface area contributed by atoms with E-state index < -0.39 is 0 Å². The van der Waals surface area contributed by atoms with E-state index >= 15 is 0 Å². The van der Waals surface area contributed by atoms with Crippen molar-refractivity contribution in [1.29, 1.82) is 0 Å². The summed E-state index contributed by atoms with van der Waals surface area (Å²) in [6, 6.07) is 0. The quantitative estimate of drug-likeness (QED) is 0.611. The number of morpholine rings is 1. The van der Waals surface area contributed by atoms with E-state index in [2.05, 4.69) is 10.2 Å². The number of aliphatic hydroxyl groups is 1. The summed E-state index contributed by atoms with van der Waals surface area (Å²) >= 11 is 0. The number of aliphatic hydroxyl groups excluding tert-OH is 1. The topological polar surface area (TPSA) is 44.7 Å². The van der Waals surface area contributed by atoms with Crippen molar-refractivity contribution >= 4 is 0 Å². The van der Waals surface area contributed by atoms with Crippen LogP contribution < -0.4 is 5.32 Å². The van der Waals surface area contributed by atoms with E-state index in [1.165, 1.54) is 0 Å². The molecule has 0 aromatic heterocycles. The van der Waals surface area contributed by atoms with Gasteiger partial charge in [0, 0.05) is 26.2 Å². The number of rotatable bonds is 4. The number of ether oxygens (including phenoxy) is 1. The largest absolute Gasteiger partial charge is 0.392 e. The van der Waals surface area contributed by atoms with Gasteiger partial charge in [0.25, 0.3) is 0 Å². The Kier molecular flexibility index (Phi) is 4.66. The molecule has 13 heavy (non-hydrogen) atoms. The molecular weight excluding hydrogens is 168 g/mol. The van der Waals surface area contributed by atoms with Gasteiger partial charge in [0.1, 0.15) is 0 Å². The van der Waals surface area contributed by atoms with Crippen LogP contribution in [0.3, 0.4) is 0 Å². The molecule has 0 spiro atoms. The number of hydrogen-bond acceptors (Lipinski definition) is 4. The molecular formula is C9H20N2O2. The van der Waals surface area contributed by atoms with Crippen molar-refractivity contribution in [3.05, 3.63) is 0 Å². The summed E-state index contributed by atoms with van der Waals surface area (Å²) in [5.74, 6) is 0. The van der Waals surface area contributed by atoms with Crippen LogP contribution in [-0.4, -0.2) is 62.0 Å². The molecule has 1 saturated heterocycles. The van der Waals surface area contributed by atoms with Gasteiger partial charge in [-0.2, -0.15) is 0 Å². The SMILES string of the molecule is CC(O)CN(C)CC1CNCCO1. The van der Waals surface area contributed by atoms with Crippen LogP contribution in [0.15, 0.2) is 0 Å². The number of hydrogen-bond donors (Lipinski definition) is 2. The molecule has 78 valence electrons. The van der Waals surface area contributed by atoms with Crippen molar-refractivity contribution < 1.29 is 9.84 Å². The predicted octanol–water partition coefficient (Wildman–Crippen LogP) is -0.713. The molecule has 0 aliphatic carbocycles. The molecule has 2 atom stereocenters. The molecule has 0 amide bonds. The molecule has 4 nitrogen and oxygen atoms in total. The number of likely N-dealkylation sites (N-methyl/N-ethyl adjacent to an activating group) is 1. The van der Waals surface area contributed by atoms with Gasteiger partial charge in [0.15, 0.2) is 0 Å². The second kappa shape index (κ2) is 5.54. The van der Waals surface area contributed by atoms with Crippen LogP contribution in [0.5, 0.6) is 0 Å². The first-order valence-electron chi connectivity index (χ1n) is 4.87. The lowest BCUT2D eigenvalue weighted by Crippen LogP contribution is -2.45. The van der Waals surface area contributed by atoms with E-state index in [4.69, 9.17) is 9.84 Å². The van der Waals surface area contributed by atoms with Crippen LogP contribution >= 0.6 is 0 Å². The Morgan fingerprint density at radius 2 is 2.46 bits per heavy atom. The molecule has 1 rings (SSSR count). The molecule has 0 aromatic carbocycles. The summed E-state index contributed by atoms with van der Waals surface area (Å²) < 4.78 is 5.54. The van der Waals surface area contributed by atoms with E-state index in [1.54, 1.807) is 6.92 Å². The highest BCUT2D eigenvalue weighted by molar-refractivity contribution is 4.71. The van der Waals surface area contributed by atoms with Gasteiger partial charge in [0.2, 0.25) is 0 Å². The van der Waals surface area contributed by atoms with E-state index in [-0.39, 0.29) is 12.2 Å². The molecule has 1 aliphatic heterocycles. The third kappa shape index (κ3) is 4.57. The van der Waals surface area contributed by atoms with Crippen molar-refractivity contribution in [3.63, 3.8) is 0 Å². The third-order valence-electron chi connectivity index (χ3n) is 2.10. The van der Waals surface area contributed by atoms with Crippen molar-refractivity contribution in [1.82, 2.24) is 10.2 Å². The van der Waals surface area contributed by atoms with E-state index in [9.17, 15) is 0 Å². The molecule has 0 aromatic rings. The van der Waals surface area contributed by atoms with Crippen molar-refractivity contribution in [2.75, 3.05) is 39.8 Å². The number of nitrogens with zero attached hydrogens (tertiary/aromatic N) is 1. The van der Waals surface area contributed by atoms with Crippen LogP contribution in [0.2, 0.25) is 0 Å². The van der Waals surface area contributed by atoms with Crippen LogP contribution in [0.1, 0.15) is 6.92 Å². The summed E-state index contributed by atoms with van der Waals surface area (Å²) in [5, 5.41) is 12.4. The molecule has 0 radical (unpaired) electrons. The molecule has 0 saturated carbocycles. The second-order valence-corrected chi connectivity index (χ2v) is 3.77. The fourth-order valence-electron chi connectivity index (χ4n) is 1.61. The third-order valence-corrected chi connectivity index (χ3v) is 2.10. The first-order chi connectivity index (χ1) is 6.18. The molecule has 4 heteroatoms. The fraction of sp³-hybridized carbons (Fsp3) is 1.00. The van der Waals surface area contributed by atoms with Crippen LogP contribution in [-0.2, 0) is 4.74 Å². The highest BCUT2D eigenvalue weighted by atomic mass is 16.5. The summed E-state index contributed by atoms with van der Waals surface area (Å²) in [6.07, 6.45) is 0.0130. The van der Waals surface area contributed by atoms with E-state index in [1.807, 2.05) is 7.05 Å². The second-order valence-electron chi connectivity index (χ2n) is 3.77. The minimum atomic E-state index is -0.262. The van der Waals surface area contributed by atoms with Crippen molar-refractivity contribution in [2.45, 2.75) is 19.1 Å². The highest BCUT2D eigenvalue weighted by Gasteiger charge is 2.15. The first-order valence-corrected chi connectivity index (χ1v) is 4.87. The van der Waals surface area contributed by atoms with Gasteiger partial charge >= 0.3 is 0 Å². The lowest BCUT2D eigenvalue weighted by atomic mass is 10.2. The fourth-order valence-corrected chi connectivity index (χ4v) is 1.61. The summed E-state index contributed by atoms with van der Waals surface area (Å²) in [5.41, 5.74) is 0. The normalized spacial score (nSPS) is 26.3. The minimum absolute atomic E-state index is 0.262. The Bertz CT molecular complexity index is 136. The van der Waals surface area contributed by atoms with Gasteiger partial charge in [-0.25, -0.2) is 0 Å². The average molecular weight is 188 g/mol. The van der Waals surface area contributed by atoms with Gasteiger partial charge < -0.3 is 20.1 Å². The first kappa shape index (κ1) is 10.9. The van der Waals surface area contributed by atoms with Crippen LogP contribution in [0, 0.1) is 0 Å². The van der Waals surface area contributed by atoms with Gasteiger partial charge in [-0.05, 0) is 14.0 Å². The molecule has 1 aliphatic rings. The smallest absolute Gasteiger partial charge is 0.0826 e. The lowest BCUT2D eigenvalue weighted by Gasteiger charge is -2.28. The Balaban J connectivity index is 2.14. The zero-order valence-corrected chi connectivity index (χ0v) is 8.49. The van der Waals surface area contributed by atoms with Crippen molar-refractivity contribution in [3.8, 4) is 0 Å². The van der Waals surface area contributed by atoms with Crippen LogP contribution in [0.4, 0.5) is 0 Å². The van der Waals surface area contributed by atoms with Crippen LogP contribution in [0.25, 0.3) is 0 Å². The summed E-state index contributed by atoms with van der Waals surface area (Å²) in [7, 11) is 2.00. The Morgan fingerprint density at radius 3 is 3.00 bits per heavy atom. The van der Waals surface area contributed by atoms with Gasteiger partial charge in [-0.15, -0.1) is 0 Å². The standard InChI is InChI=1S/C9H20N2O2/c1-8(12)6-11(2)7-9-5-10-3-4-13-9/h8-10,12H,3-7H2,1-2H3. The maximum absolute atomic E-state index is 9.15. The van der Waals surface area contributed by atoms with Crippen molar-refractivity contribution in [2.24, 2.45) is 0 Å². The predicted molar refractivity (Wildman–Crippen MR) is 51.8 cm³/mol. The molecule has 1 heterocycles. The molecule has 1 fully saturated rings. The average Bonchev–Trinajstić information content (AvgIpc) is 2.04.